The molecule has 0 bridgehead atoms. The molecular formula is C9H4ClF6NO3. The lowest BCUT2D eigenvalue weighted by molar-refractivity contribution is -0.276. The molecule has 0 atom stereocenters. The minimum atomic E-state index is -5.31. The van der Waals surface area contributed by atoms with E-state index in [-0.39, 0.29) is 6.07 Å². The van der Waals surface area contributed by atoms with E-state index in [0.29, 0.717) is 0 Å². The number of pyridine rings is 1. The van der Waals surface area contributed by atoms with E-state index in [1.807, 2.05) is 0 Å². The number of carbonyl (C=O) groups is 1. The summed E-state index contributed by atoms with van der Waals surface area (Å²) in [5.74, 6) is -4.43. The molecule has 1 aromatic heterocycles. The van der Waals surface area contributed by atoms with Crippen LogP contribution in [0.25, 0.3) is 0 Å². The Morgan fingerprint density at radius 2 is 1.85 bits per heavy atom. The number of nitrogens with zero attached hydrogens (tertiary/aromatic N) is 1. The number of alkyl halides is 7. The molecule has 0 spiro atoms. The van der Waals surface area contributed by atoms with Gasteiger partial charge >= 0.3 is 18.5 Å². The maximum atomic E-state index is 12.6. The third kappa shape index (κ3) is 3.89. The molecule has 0 unspecified atom stereocenters. The lowest BCUT2D eigenvalue weighted by Crippen LogP contribution is -2.22. The predicted octanol–water partition coefficient (Wildman–Crippen LogP) is 3.44. The van der Waals surface area contributed by atoms with E-state index in [0.717, 1.165) is 0 Å². The number of aromatic nitrogens is 1. The molecule has 0 aromatic carbocycles. The van der Waals surface area contributed by atoms with Crippen LogP contribution in [0.5, 0.6) is 5.88 Å². The molecule has 0 aliphatic rings. The van der Waals surface area contributed by atoms with E-state index < -0.39 is 47.1 Å². The second-order valence-electron chi connectivity index (χ2n) is 3.32. The van der Waals surface area contributed by atoms with Crippen molar-refractivity contribution in [2.75, 3.05) is 0 Å². The van der Waals surface area contributed by atoms with Crippen molar-refractivity contribution >= 4 is 17.6 Å². The molecule has 1 aromatic rings. The molecule has 0 radical (unpaired) electrons. The number of hydrogen-bond donors (Lipinski definition) is 1. The quantitative estimate of drug-likeness (QED) is 0.684. The summed E-state index contributed by atoms with van der Waals surface area (Å²) in [5, 5.41) is 8.63. The first-order valence-corrected chi connectivity index (χ1v) is 5.15. The Labute approximate surface area is 111 Å². The Morgan fingerprint density at radius 3 is 2.20 bits per heavy atom. The molecule has 0 amide bonds. The second kappa shape index (κ2) is 5.35. The van der Waals surface area contributed by atoms with Crippen molar-refractivity contribution in [2.45, 2.75) is 18.4 Å². The first kappa shape index (κ1) is 16.3. The van der Waals surface area contributed by atoms with E-state index in [9.17, 15) is 31.1 Å². The van der Waals surface area contributed by atoms with Gasteiger partial charge in [-0.25, -0.2) is 9.78 Å². The van der Waals surface area contributed by atoms with Crippen molar-refractivity contribution in [1.29, 1.82) is 0 Å². The van der Waals surface area contributed by atoms with Crippen LogP contribution in [-0.2, 0) is 12.1 Å². The standard InChI is InChI=1S/C9H4ClF6NO3/c10-2-5-4(8(11,12)13)1-3(7(18)19)6(17-5)20-9(14,15)16/h1H,2H2,(H,18,19). The molecule has 20 heavy (non-hydrogen) atoms. The third-order valence-electron chi connectivity index (χ3n) is 1.94. The number of rotatable bonds is 3. The summed E-state index contributed by atoms with van der Waals surface area (Å²) < 4.78 is 77.2. The van der Waals surface area contributed by atoms with Crippen LogP contribution in [0.2, 0.25) is 0 Å². The van der Waals surface area contributed by atoms with Gasteiger partial charge in [-0.05, 0) is 6.07 Å². The van der Waals surface area contributed by atoms with Crippen LogP contribution in [0.4, 0.5) is 26.3 Å². The summed E-state index contributed by atoms with van der Waals surface area (Å²) in [7, 11) is 0. The van der Waals surface area contributed by atoms with Gasteiger partial charge in [0.2, 0.25) is 5.88 Å². The fraction of sp³-hybridized carbons (Fsp3) is 0.333. The molecule has 112 valence electrons. The van der Waals surface area contributed by atoms with Gasteiger partial charge in [0.1, 0.15) is 5.56 Å². The normalized spacial score (nSPS) is 12.3. The maximum absolute atomic E-state index is 12.6. The van der Waals surface area contributed by atoms with Crippen molar-refractivity contribution in [3.63, 3.8) is 0 Å². The van der Waals surface area contributed by atoms with E-state index in [4.69, 9.17) is 16.7 Å². The molecule has 1 N–H and O–H groups in total. The lowest BCUT2D eigenvalue weighted by atomic mass is 10.1. The van der Waals surface area contributed by atoms with Crippen molar-refractivity contribution in [3.05, 3.63) is 22.9 Å². The number of hydrogen-bond acceptors (Lipinski definition) is 3. The molecular weight excluding hydrogens is 320 g/mol. The van der Waals surface area contributed by atoms with Gasteiger partial charge in [0.25, 0.3) is 0 Å². The van der Waals surface area contributed by atoms with Crippen LogP contribution in [0.15, 0.2) is 6.07 Å². The number of carboxylic acid groups (broad SMARTS) is 1. The smallest absolute Gasteiger partial charge is 0.477 e. The fourth-order valence-electron chi connectivity index (χ4n) is 1.22. The van der Waals surface area contributed by atoms with Crippen LogP contribution >= 0.6 is 11.6 Å². The highest BCUT2D eigenvalue weighted by atomic mass is 35.5. The number of halogens is 7. The van der Waals surface area contributed by atoms with E-state index >= 15 is 0 Å². The van der Waals surface area contributed by atoms with Crippen LogP contribution < -0.4 is 4.74 Å². The summed E-state index contributed by atoms with van der Waals surface area (Å²) in [6.07, 6.45) is -10.3. The van der Waals surface area contributed by atoms with Crippen molar-refractivity contribution in [1.82, 2.24) is 4.98 Å². The Hall–Kier alpha value is -1.71. The maximum Gasteiger partial charge on any atom is 0.574 e. The molecule has 4 nitrogen and oxygen atoms in total. The monoisotopic (exact) mass is 323 g/mol. The molecule has 0 saturated carbocycles. The lowest BCUT2D eigenvalue weighted by Gasteiger charge is -2.15. The van der Waals surface area contributed by atoms with Crippen LogP contribution in [0, 0.1) is 0 Å². The summed E-state index contributed by atoms with van der Waals surface area (Å²) in [6.45, 7) is 0. The fourth-order valence-corrected chi connectivity index (χ4v) is 1.42. The second-order valence-corrected chi connectivity index (χ2v) is 3.59. The van der Waals surface area contributed by atoms with Gasteiger partial charge < -0.3 is 9.84 Å². The zero-order valence-electron chi connectivity index (χ0n) is 9.14. The highest BCUT2D eigenvalue weighted by molar-refractivity contribution is 6.17. The van der Waals surface area contributed by atoms with Crippen LogP contribution in [0.1, 0.15) is 21.6 Å². The molecule has 0 aliphatic heterocycles. The molecule has 11 heteroatoms. The summed E-state index contributed by atoms with van der Waals surface area (Å²) >= 11 is 5.17. The topological polar surface area (TPSA) is 59.4 Å². The zero-order chi connectivity index (χ0) is 15.7. The molecule has 0 aliphatic carbocycles. The minimum absolute atomic E-state index is 0.00583. The first-order valence-electron chi connectivity index (χ1n) is 4.62. The van der Waals surface area contributed by atoms with E-state index in [1.54, 1.807) is 0 Å². The van der Waals surface area contributed by atoms with Crippen LogP contribution in [0.3, 0.4) is 0 Å². The third-order valence-corrected chi connectivity index (χ3v) is 2.19. The average Bonchev–Trinajstić information content (AvgIpc) is 2.24. The highest BCUT2D eigenvalue weighted by Crippen LogP contribution is 2.36. The Bertz CT molecular complexity index is 528. The molecule has 0 saturated heterocycles. The Balaban J connectivity index is 3.50. The van der Waals surface area contributed by atoms with E-state index in [1.165, 1.54) is 0 Å². The van der Waals surface area contributed by atoms with Crippen molar-refractivity contribution in [3.8, 4) is 5.88 Å². The molecule has 1 rings (SSSR count). The van der Waals surface area contributed by atoms with Gasteiger partial charge in [0.05, 0.1) is 17.1 Å². The Kier molecular flexibility index (Phi) is 4.37. The van der Waals surface area contributed by atoms with Gasteiger partial charge in [0.15, 0.2) is 0 Å². The summed E-state index contributed by atoms with van der Waals surface area (Å²) in [6, 6.07) is -0.00583. The number of carboxylic acids is 1. The van der Waals surface area contributed by atoms with E-state index in [2.05, 4.69) is 9.72 Å². The summed E-state index contributed by atoms with van der Waals surface area (Å²) in [4.78, 5) is 13.6. The highest BCUT2D eigenvalue weighted by Gasteiger charge is 2.39. The largest absolute Gasteiger partial charge is 0.574 e. The van der Waals surface area contributed by atoms with Crippen molar-refractivity contribution in [2.24, 2.45) is 0 Å². The Morgan fingerprint density at radius 1 is 1.30 bits per heavy atom. The van der Waals surface area contributed by atoms with Gasteiger partial charge in [-0.2, -0.15) is 13.2 Å². The van der Waals surface area contributed by atoms with Gasteiger partial charge in [-0.3, -0.25) is 0 Å². The molecule has 1 heterocycles. The average molecular weight is 324 g/mol. The minimum Gasteiger partial charge on any atom is -0.477 e. The van der Waals surface area contributed by atoms with Crippen molar-refractivity contribution < 1.29 is 41.0 Å². The SMILES string of the molecule is O=C(O)c1cc(C(F)(F)F)c(CCl)nc1OC(F)(F)F. The predicted molar refractivity (Wildman–Crippen MR) is 52.4 cm³/mol. The number of aromatic carboxylic acids is 1. The van der Waals surface area contributed by atoms with Gasteiger partial charge in [-0.1, -0.05) is 0 Å². The summed E-state index contributed by atoms with van der Waals surface area (Å²) in [5.41, 5.74) is -3.88. The number of ether oxygens (including phenoxy) is 1. The molecule has 0 fully saturated rings. The first-order chi connectivity index (χ1) is 8.95. The zero-order valence-corrected chi connectivity index (χ0v) is 9.90. The van der Waals surface area contributed by atoms with Gasteiger partial charge in [0, 0.05) is 0 Å². The van der Waals surface area contributed by atoms with Gasteiger partial charge in [-0.15, -0.1) is 24.8 Å². The van der Waals surface area contributed by atoms with Crippen LogP contribution in [-0.4, -0.2) is 22.4 Å².